The highest BCUT2D eigenvalue weighted by Gasteiger charge is 2.47. The Balaban J connectivity index is 1.38. The number of hydrogen-bond acceptors (Lipinski definition) is 5. The zero-order chi connectivity index (χ0) is 19.2. The molecule has 0 aliphatic carbocycles. The zero-order valence-electron chi connectivity index (χ0n) is 15.3. The minimum atomic E-state index is -0.484. The number of anilines is 1. The number of phenolic OH excluding ortho intramolecular Hbond substituents is 1. The van der Waals surface area contributed by atoms with E-state index >= 15 is 0 Å². The van der Waals surface area contributed by atoms with Crippen molar-refractivity contribution in [3.63, 3.8) is 0 Å². The number of aromatic hydroxyl groups is 1. The first-order valence-corrected chi connectivity index (χ1v) is 9.19. The minimum Gasteiger partial charge on any atom is -0.508 e. The van der Waals surface area contributed by atoms with Gasteiger partial charge in [-0.05, 0) is 12.1 Å². The Hall–Kier alpha value is -2.77. The van der Waals surface area contributed by atoms with Crippen molar-refractivity contribution in [3.8, 4) is 5.75 Å². The number of benzene rings is 1. The Labute approximate surface area is 157 Å². The lowest BCUT2D eigenvalue weighted by Gasteiger charge is -2.38. The molecule has 0 radical (unpaired) electrons. The van der Waals surface area contributed by atoms with Crippen molar-refractivity contribution in [1.82, 2.24) is 9.80 Å². The van der Waals surface area contributed by atoms with E-state index < -0.39 is 5.60 Å². The standard InChI is InChI=1S/C19H23N3O5/c1-20-12-19(27-18(20)26)5-7-21(8-6-19)17(25)13-9-16(24)22(11-13)14-3-2-4-15(23)10-14/h2-4,10,13,23H,5-9,11-12H2,1H3. The lowest BCUT2D eigenvalue weighted by molar-refractivity contribution is -0.139. The van der Waals surface area contributed by atoms with Crippen molar-refractivity contribution in [1.29, 1.82) is 0 Å². The molecule has 1 spiro atoms. The molecule has 3 aliphatic rings. The molecule has 8 heteroatoms. The molecule has 144 valence electrons. The molecule has 27 heavy (non-hydrogen) atoms. The molecular formula is C19H23N3O5. The fraction of sp³-hybridized carbons (Fsp3) is 0.526. The van der Waals surface area contributed by atoms with Crippen LogP contribution in [0.4, 0.5) is 10.5 Å². The maximum Gasteiger partial charge on any atom is 0.410 e. The van der Waals surface area contributed by atoms with Gasteiger partial charge in [-0.15, -0.1) is 0 Å². The molecule has 1 aromatic rings. The molecule has 1 atom stereocenters. The Morgan fingerprint density at radius 2 is 2.00 bits per heavy atom. The summed E-state index contributed by atoms with van der Waals surface area (Å²) in [6.45, 7) is 1.93. The van der Waals surface area contributed by atoms with E-state index in [-0.39, 0.29) is 36.0 Å². The molecule has 3 amide bonds. The number of likely N-dealkylation sites (N-methyl/N-ethyl adjacent to an activating group) is 1. The fourth-order valence-corrected chi connectivity index (χ4v) is 4.23. The van der Waals surface area contributed by atoms with Crippen molar-refractivity contribution >= 4 is 23.6 Å². The molecule has 0 bridgehead atoms. The predicted octanol–water partition coefficient (Wildman–Crippen LogP) is 1.19. The molecule has 0 saturated carbocycles. The van der Waals surface area contributed by atoms with Crippen LogP contribution in [0.3, 0.4) is 0 Å². The Morgan fingerprint density at radius 3 is 2.63 bits per heavy atom. The molecule has 4 rings (SSSR count). The number of carbonyl (C=O) groups excluding carboxylic acids is 3. The van der Waals surface area contributed by atoms with E-state index in [9.17, 15) is 19.5 Å². The summed E-state index contributed by atoms with van der Waals surface area (Å²) < 4.78 is 5.52. The van der Waals surface area contributed by atoms with Gasteiger partial charge in [0, 0.05) is 57.7 Å². The van der Waals surface area contributed by atoms with Crippen LogP contribution in [-0.2, 0) is 14.3 Å². The molecule has 3 saturated heterocycles. The normalized spacial score (nSPS) is 24.6. The number of likely N-dealkylation sites (tertiary alicyclic amines) is 1. The zero-order valence-corrected chi connectivity index (χ0v) is 15.3. The van der Waals surface area contributed by atoms with Gasteiger partial charge in [0.1, 0.15) is 11.4 Å². The van der Waals surface area contributed by atoms with Gasteiger partial charge >= 0.3 is 6.09 Å². The number of nitrogens with zero attached hydrogens (tertiary/aromatic N) is 3. The number of carbonyl (C=O) groups is 3. The van der Waals surface area contributed by atoms with E-state index in [1.807, 2.05) is 0 Å². The van der Waals surface area contributed by atoms with Crippen LogP contribution in [0, 0.1) is 5.92 Å². The first kappa shape index (κ1) is 17.6. The van der Waals surface area contributed by atoms with Gasteiger partial charge in [-0.3, -0.25) is 9.59 Å². The van der Waals surface area contributed by atoms with Crippen molar-refractivity contribution in [3.05, 3.63) is 24.3 Å². The average Bonchev–Trinajstić information content (AvgIpc) is 3.15. The van der Waals surface area contributed by atoms with Crippen LogP contribution in [0.2, 0.25) is 0 Å². The summed E-state index contributed by atoms with van der Waals surface area (Å²) in [7, 11) is 1.72. The molecular weight excluding hydrogens is 350 g/mol. The van der Waals surface area contributed by atoms with Crippen molar-refractivity contribution < 1.29 is 24.2 Å². The number of phenols is 1. The quantitative estimate of drug-likeness (QED) is 0.841. The molecule has 3 fully saturated rings. The fourth-order valence-electron chi connectivity index (χ4n) is 4.23. The second kappa shape index (κ2) is 6.44. The second-order valence-corrected chi connectivity index (χ2v) is 7.66. The highest BCUT2D eigenvalue weighted by atomic mass is 16.6. The van der Waals surface area contributed by atoms with Gasteiger partial charge in [0.05, 0.1) is 12.5 Å². The molecule has 1 aromatic carbocycles. The molecule has 1 unspecified atom stereocenters. The molecule has 3 aliphatic heterocycles. The van der Waals surface area contributed by atoms with E-state index in [0.29, 0.717) is 44.7 Å². The molecule has 1 N–H and O–H groups in total. The molecule has 0 aromatic heterocycles. The third-order valence-electron chi connectivity index (χ3n) is 5.74. The van der Waals surface area contributed by atoms with Crippen LogP contribution in [0.25, 0.3) is 0 Å². The summed E-state index contributed by atoms with van der Waals surface area (Å²) in [5.41, 5.74) is 0.121. The SMILES string of the molecule is CN1CC2(CCN(C(=O)C3CC(=O)N(c4cccc(O)c4)C3)CC2)OC1=O. The Bertz CT molecular complexity index is 787. The van der Waals surface area contributed by atoms with Gasteiger partial charge in [0.25, 0.3) is 0 Å². The number of ether oxygens (including phenoxy) is 1. The number of hydrogen-bond donors (Lipinski definition) is 1. The monoisotopic (exact) mass is 373 g/mol. The van der Waals surface area contributed by atoms with Gasteiger partial charge in [0.15, 0.2) is 0 Å². The lowest BCUT2D eigenvalue weighted by Crippen LogP contribution is -2.50. The summed E-state index contributed by atoms with van der Waals surface area (Å²) in [6, 6.07) is 6.50. The smallest absolute Gasteiger partial charge is 0.410 e. The topological polar surface area (TPSA) is 90.4 Å². The molecule has 8 nitrogen and oxygen atoms in total. The van der Waals surface area contributed by atoms with Crippen LogP contribution < -0.4 is 4.90 Å². The maximum absolute atomic E-state index is 12.9. The van der Waals surface area contributed by atoms with Crippen LogP contribution in [0.15, 0.2) is 24.3 Å². The highest BCUT2D eigenvalue weighted by Crippen LogP contribution is 2.34. The lowest BCUT2D eigenvalue weighted by atomic mass is 9.90. The number of amides is 3. The number of rotatable bonds is 2. The average molecular weight is 373 g/mol. The van der Waals surface area contributed by atoms with Gasteiger partial charge in [-0.25, -0.2) is 4.79 Å². The summed E-state index contributed by atoms with van der Waals surface area (Å²) in [5, 5.41) is 9.62. The summed E-state index contributed by atoms with van der Waals surface area (Å²) >= 11 is 0. The third kappa shape index (κ3) is 3.20. The largest absolute Gasteiger partial charge is 0.508 e. The highest BCUT2D eigenvalue weighted by molar-refractivity contribution is 6.00. The van der Waals surface area contributed by atoms with Gasteiger partial charge in [-0.1, -0.05) is 6.07 Å². The minimum absolute atomic E-state index is 0.0291. The Kier molecular flexibility index (Phi) is 4.20. The maximum atomic E-state index is 12.9. The van der Waals surface area contributed by atoms with Crippen LogP contribution in [0.1, 0.15) is 19.3 Å². The third-order valence-corrected chi connectivity index (χ3v) is 5.74. The van der Waals surface area contributed by atoms with Crippen LogP contribution >= 0.6 is 0 Å². The van der Waals surface area contributed by atoms with Crippen molar-refractivity contribution in [2.45, 2.75) is 24.9 Å². The number of piperidine rings is 1. The van der Waals surface area contributed by atoms with E-state index in [4.69, 9.17) is 4.74 Å². The first-order valence-electron chi connectivity index (χ1n) is 9.19. The Morgan fingerprint density at radius 1 is 1.26 bits per heavy atom. The van der Waals surface area contributed by atoms with E-state index in [1.54, 1.807) is 39.9 Å². The summed E-state index contributed by atoms with van der Waals surface area (Å²) in [6.07, 6.45) is 1.10. The first-order chi connectivity index (χ1) is 12.9. The van der Waals surface area contributed by atoms with Crippen molar-refractivity contribution in [2.24, 2.45) is 5.92 Å². The second-order valence-electron chi connectivity index (χ2n) is 7.66. The van der Waals surface area contributed by atoms with E-state index in [2.05, 4.69) is 0 Å². The van der Waals surface area contributed by atoms with Gasteiger partial charge in [0.2, 0.25) is 11.8 Å². The van der Waals surface area contributed by atoms with Crippen LogP contribution in [-0.4, -0.2) is 71.6 Å². The van der Waals surface area contributed by atoms with Gasteiger partial charge < -0.3 is 24.5 Å². The summed E-state index contributed by atoms with van der Waals surface area (Å²) in [4.78, 5) is 41.8. The summed E-state index contributed by atoms with van der Waals surface area (Å²) in [5.74, 6) is -0.438. The van der Waals surface area contributed by atoms with Gasteiger partial charge in [-0.2, -0.15) is 0 Å². The van der Waals surface area contributed by atoms with E-state index in [1.165, 1.54) is 6.07 Å². The van der Waals surface area contributed by atoms with E-state index in [0.717, 1.165) is 0 Å². The van der Waals surface area contributed by atoms with Crippen molar-refractivity contribution in [2.75, 3.05) is 38.1 Å². The molecule has 3 heterocycles. The van der Waals surface area contributed by atoms with Crippen LogP contribution in [0.5, 0.6) is 5.75 Å². The predicted molar refractivity (Wildman–Crippen MR) is 96.2 cm³/mol.